The fourth-order valence-corrected chi connectivity index (χ4v) is 2.71. The maximum absolute atomic E-state index is 5.26. The van der Waals surface area contributed by atoms with Crippen molar-refractivity contribution in [3.8, 4) is 5.75 Å². The van der Waals surface area contributed by atoms with E-state index in [4.69, 9.17) is 9.47 Å². The summed E-state index contributed by atoms with van der Waals surface area (Å²) in [6.07, 6.45) is 2.15. The van der Waals surface area contributed by atoms with Gasteiger partial charge in [-0.3, -0.25) is 0 Å². The third kappa shape index (κ3) is 4.85. The van der Waals surface area contributed by atoms with Crippen LogP contribution in [-0.2, 0) is 4.74 Å². The zero-order valence-corrected chi connectivity index (χ0v) is 13.2. The van der Waals surface area contributed by atoms with Crippen LogP contribution in [0.3, 0.4) is 0 Å². The molecule has 1 N–H and O–H groups in total. The quantitative estimate of drug-likeness (QED) is 0.738. The Morgan fingerprint density at radius 3 is 2.53 bits per heavy atom. The van der Waals surface area contributed by atoms with E-state index in [2.05, 4.69) is 37.2 Å². The molecule has 0 unspecified atom stereocenters. The van der Waals surface area contributed by atoms with Crippen LogP contribution in [0.25, 0.3) is 0 Å². The van der Waals surface area contributed by atoms with E-state index in [1.54, 1.807) is 14.2 Å². The minimum Gasteiger partial charge on any atom is -0.495 e. The summed E-state index contributed by atoms with van der Waals surface area (Å²) in [5.74, 6) is 0.826. The molecule has 0 spiro atoms. The first-order valence-corrected chi connectivity index (χ1v) is 7.03. The van der Waals surface area contributed by atoms with Gasteiger partial charge in [0, 0.05) is 30.8 Å². The summed E-state index contributed by atoms with van der Waals surface area (Å²) in [6, 6.07) is 3.96. The first-order valence-electron chi connectivity index (χ1n) is 5.45. The fourth-order valence-electron chi connectivity index (χ4n) is 1.42. The molecule has 0 aliphatic carbocycles. The minimum atomic E-state index is 0.812. The van der Waals surface area contributed by atoms with Crippen molar-refractivity contribution in [1.82, 2.24) is 0 Å². The average molecular weight is 367 g/mol. The summed E-state index contributed by atoms with van der Waals surface area (Å²) in [6.45, 7) is 1.74. The Kier molecular flexibility index (Phi) is 6.92. The van der Waals surface area contributed by atoms with Crippen molar-refractivity contribution in [2.75, 3.05) is 32.7 Å². The van der Waals surface area contributed by atoms with Gasteiger partial charge in [0.25, 0.3) is 0 Å². The van der Waals surface area contributed by atoms with Crippen LogP contribution in [0.5, 0.6) is 5.75 Å². The largest absolute Gasteiger partial charge is 0.495 e. The van der Waals surface area contributed by atoms with E-state index in [0.29, 0.717) is 0 Å². The Morgan fingerprint density at radius 2 is 1.88 bits per heavy atom. The minimum absolute atomic E-state index is 0.812. The lowest BCUT2D eigenvalue weighted by molar-refractivity contribution is 0.194. The van der Waals surface area contributed by atoms with Crippen molar-refractivity contribution in [3.05, 3.63) is 21.1 Å². The van der Waals surface area contributed by atoms with Crippen molar-refractivity contribution in [2.24, 2.45) is 0 Å². The highest BCUT2D eigenvalue weighted by molar-refractivity contribution is 9.11. The second-order valence-electron chi connectivity index (χ2n) is 3.59. The molecule has 5 heteroatoms. The van der Waals surface area contributed by atoms with Crippen LogP contribution >= 0.6 is 31.9 Å². The zero-order valence-electron chi connectivity index (χ0n) is 10.1. The van der Waals surface area contributed by atoms with E-state index in [-0.39, 0.29) is 0 Å². The molecule has 0 bridgehead atoms. The van der Waals surface area contributed by atoms with Gasteiger partial charge >= 0.3 is 0 Å². The van der Waals surface area contributed by atoms with Gasteiger partial charge in [-0.05, 0) is 50.8 Å². The topological polar surface area (TPSA) is 30.5 Å². The molecule has 0 heterocycles. The van der Waals surface area contributed by atoms with E-state index in [1.807, 2.05) is 12.1 Å². The summed E-state index contributed by atoms with van der Waals surface area (Å²) >= 11 is 6.97. The standard InChI is InChI=1S/C12H17Br2NO2/c1-16-6-4-3-5-15-11-8-12(17-2)10(14)7-9(11)13/h7-8,15H,3-6H2,1-2H3. The third-order valence-corrected chi connectivity index (χ3v) is 3.61. The van der Waals surface area contributed by atoms with Gasteiger partial charge in [0.2, 0.25) is 0 Å². The lowest BCUT2D eigenvalue weighted by Crippen LogP contribution is -2.04. The molecule has 0 saturated carbocycles. The molecule has 0 atom stereocenters. The average Bonchev–Trinajstić information content (AvgIpc) is 2.31. The molecule has 1 aromatic carbocycles. The van der Waals surface area contributed by atoms with Crippen molar-refractivity contribution in [3.63, 3.8) is 0 Å². The summed E-state index contributed by atoms with van der Waals surface area (Å²) < 4.78 is 12.2. The normalized spacial score (nSPS) is 10.4. The number of anilines is 1. The number of unbranched alkanes of at least 4 members (excludes halogenated alkanes) is 1. The number of methoxy groups -OCH3 is 2. The Bertz CT molecular complexity index is 359. The first-order chi connectivity index (χ1) is 8.19. The molecule has 17 heavy (non-hydrogen) atoms. The van der Waals surface area contributed by atoms with Crippen LogP contribution in [0.1, 0.15) is 12.8 Å². The van der Waals surface area contributed by atoms with Crippen molar-refractivity contribution >= 4 is 37.5 Å². The van der Waals surface area contributed by atoms with Crippen LogP contribution in [0.2, 0.25) is 0 Å². The monoisotopic (exact) mass is 365 g/mol. The van der Waals surface area contributed by atoms with Crippen LogP contribution in [0, 0.1) is 0 Å². The maximum atomic E-state index is 5.26. The van der Waals surface area contributed by atoms with E-state index < -0.39 is 0 Å². The van der Waals surface area contributed by atoms with Crippen molar-refractivity contribution in [2.45, 2.75) is 12.8 Å². The highest BCUT2D eigenvalue weighted by Crippen LogP contribution is 2.34. The molecule has 0 aliphatic rings. The Hall–Kier alpha value is -0.260. The van der Waals surface area contributed by atoms with Gasteiger partial charge in [0.05, 0.1) is 17.3 Å². The highest BCUT2D eigenvalue weighted by atomic mass is 79.9. The Labute approximate surface area is 119 Å². The SMILES string of the molecule is COCCCCNc1cc(OC)c(Br)cc1Br. The molecule has 0 aliphatic heterocycles. The van der Waals surface area contributed by atoms with E-state index >= 15 is 0 Å². The third-order valence-electron chi connectivity index (χ3n) is 2.33. The van der Waals surface area contributed by atoms with Gasteiger partial charge in [-0.15, -0.1) is 0 Å². The second kappa shape index (κ2) is 7.95. The van der Waals surface area contributed by atoms with Crippen LogP contribution in [-0.4, -0.2) is 27.4 Å². The zero-order chi connectivity index (χ0) is 12.7. The van der Waals surface area contributed by atoms with Gasteiger partial charge < -0.3 is 14.8 Å². The van der Waals surface area contributed by atoms with Gasteiger partial charge in [-0.1, -0.05) is 0 Å². The molecule has 1 rings (SSSR count). The summed E-state index contributed by atoms with van der Waals surface area (Å²) in [5.41, 5.74) is 1.04. The van der Waals surface area contributed by atoms with E-state index in [0.717, 1.165) is 46.4 Å². The maximum Gasteiger partial charge on any atom is 0.135 e. The molecule has 96 valence electrons. The number of halogens is 2. The highest BCUT2D eigenvalue weighted by Gasteiger charge is 2.06. The number of rotatable bonds is 7. The lowest BCUT2D eigenvalue weighted by Gasteiger charge is -2.11. The number of nitrogens with one attached hydrogen (secondary N) is 1. The van der Waals surface area contributed by atoms with Gasteiger partial charge in [-0.25, -0.2) is 0 Å². The Morgan fingerprint density at radius 1 is 1.12 bits per heavy atom. The summed E-state index contributed by atoms with van der Waals surface area (Å²) in [5, 5.41) is 3.37. The molecule has 0 amide bonds. The fraction of sp³-hybridized carbons (Fsp3) is 0.500. The number of hydrogen-bond donors (Lipinski definition) is 1. The molecular weight excluding hydrogens is 350 g/mol. The smallest absolute Gasteiger partial charge is 0.135 e. The molecular formula is C12H17Br2NO2. The van der Waals surface area contributed by atoms with E-state index in [1.165, 1.54) is 0 Å². The number of ether oxygens (including phenoxy) is 2. The number of benzene rings is 1. The van der Waals surface area contributed by atoms with Gasteiger partial charge in [-0.2, -0.15) is 0 Å². The second-order valence-corrected chi connectivity index (χ2v) is 5.30. The van der Waals surface area contributed by atoms with Crippen LogP contribution in [0.4, 0.5) is 5.69 Å². The molecule has 0 aromatic heterocycles. The predicted molar refractivity (Wildman–Crippen MR) is 78.0 cm³/mol. The molecule has 0 fully saturated rings. The van der Waals surface area contributed by atoms with Crippen LogP contribution in [0.15, 0.2) is 21.1 Å². The van der Waals surface area contributed by atoms with Gasteiger partial charge in [0.15, 0.2) is 0 Å². The van der Waals surface area contributed by atoms with E-state index in [9.17, 15) is 0 Å². The molecule has 0 saturated heterocycles. The lowest BCUT2D eigenvalue weighted by atomic mass is 10.2. The number of hydrogen-bond acceptors (Lipinski definition) is 3. The summed E-state index contributed by atoms with van der Waals surface area (Å²) in [7, 11) is 3.39. The Balaban J connectivity index is 2.52. The van der Waals surface area contributed by atoms with Crippen molar-refractivity contribution in [1.29, 1.82) is 0 Å². The molecule has 1 aromatic rings. The van der Waals surface area contributed by atoms with Crippen LogP contribution < -0.4 is 10.1 Å². The first kappa shape index (κ1) is 14.8. The van der Waals surface area contributed by atoms with Crippen molar-refractivity contribution < 1.29 is 9.47 Å². The molecule has 3 nitrogen and oxygen atoms in total. The van der Waals surface area contributed by atoms with Gasteiger partial charge in [0.1, 0.15) is 5.75 Å². The predicted octanol–water partition coefficient (Wildman–Crippen LogP) is 4.06. The summed E-state index contributed by atoms with van der Waals surface area (Å²) in [4.78, 5) is 0. The molecule has 0 radical (unpaired) electrons.